The maximum absolute atomic E-state index is 10.7. The maximum Gasteiger partial charge on any atom is 0.310 e. The molecule has 1 aliphatic heterocycles. The summed E-state index contributed by atoms with van der Waals surface area (Å²) in [7, 11) is 0. The van der Waals surface area contributed by atoms with Gasteiger partial charge in [-0.15, -0.1) is 0 Å². The van der Waals surface area contributed by atoms with Gasteiger partial charge in [0.05, 0.1) is 17.6 Å². The number of pyridine rings is 1. The third-order valence-electron chi connectivity index (χ3n) is 2.89. The second-order valence-electron chi connectivity index (χ2n) is 3.91. The van der Waals surface area contributed by atoms with Crippen molar-refractivity contribution in [2.24, 2.45) is 5.92 Å². The van der Waals surface area contributed by atoms with E-state index in [0.717, 1.165) is 16.8 Å². The lowest BCUT2D eigenvalue weighted by atomic mass is 10.0. The molecule has 2 aromatic rings. The minimum Gasteiger partial charge on any atom is -0.481 e. The quantitative estimate of drug-likeness (QED) is 0.824. The van der Waals surface area contributed by atoms with Crippen molar-refractivity contribution in [1.82, 2.24) is 4.98 Å². The van der Waals surface area contributed by atoms with Crippen LogP contribution in [0.2, 0.25) is 0 Å². The molecule has 1 fully saturated rings. The SMILES string of the molecule is O=C(O)C1CN(c2nccc3occc23)C1. The van der Waals surface area contributed by atoms with Gasteiger partial charge < -0.3 is 14.4 Å². The summed E-state index contributed by atoms with van der Waals surface area (Å²) in [6, 6.07) is 3.65. The van der Waals surface area contributed by atoms with E-state index in [-0.39, 0.29) is 5.92 Å². The fraction of sp³-hybridized carbons (Fsp3) is 0.273. The van der Waals surface area contributed by atoms with E-state index < -0.39 is 5.97 Å². The molecule has 0 atom stereocenters. The molecule has 1 aliphatic rings. The molecule has 5 nitrogen and oxygen atoms in total. The van der Waals surface area contributed by atoms with Crippen LogP contribution in [0.1, 0.15) is 0 Å². The van der Waals surface area contributed by atoms with E-state index in [4.69, 9.17) is 9.52 Å². The number of carbonyl (C=O) groups is 1. The van der Waals surface area contributed by atoms with Gasteiger partial charge in [-0.05, 0) is 12.1 Å². The average molecular weight is 218 g/mol. The minimum atomic E-state index is -0.740. The van der Waals surface area contributed by atoms with Crippen molar-refractivity contribution >= 4 is 22.8 Å². The average Bonchev–Trinajstić information content (AvgIpc) is 2.63. The third kappa shape index (κ3) is 1.25. The molecule has 16 heavy (non-hydrogen) atoms. The van der Waals surface area contributed by atoms with Crippen LogP contribution in [0.25, 0.3) is 11.0 Å². The van der Waals surface area contributed by atoms with Crippen molar-refractivity contribution in [3.63, 3.8) is 0 Å². The molecule has 82 valence electrons. The molecule has 1 saturated heterocycles. The van der Waals surface area contributed by atoms with Gasteiger partial charge in [-0.2, -0.15) is 0 Å². The van der Waals surface area contributed by atoms with E-state index in [1.165, 1.54) is 0 Å². The summed E-state index contributed by atoms with van der Waals surface area (Å²) < 4.78 is 5.27. The normalized spacial score (nSPS) is 16.4. The Hall–Kier alpha value is -2.04. The summed E-state index contributed by atoms with van der Waals surface area (Å²) in [5, 5.41) is 9.74. The monoisotopic (exact) mass is 218 g/mol. The lowest BCUT2D eigenvalue weighted by Gasteiger charge is -2.37. The summed E-state index contributed by atoms with van der Waals surface area (Å²) in [6.45, 7) is 1.04. The predicted molar refractivity (Wildman–Crippen MR) is 57.3 cm³/mol. The molecule has 3 rings (SSSR count). The van der Waals surface area contributed by atoms with Gasteiger partial charge in [0, 0.05) is 19.3 Å². The van der Waals surface area contributed by atoms with E-state index in [2.05, 4.69) is 4.98 Å². The molecule has 5 heteroatoms. The fourth-order valence-electron chi connectivity index (χ4n) is 1.94. The molecule has 0 aromatic carbocycles. The van der Waals surface area contributed by atoms with Crippen LogP contribution in [0.3, 0.4) is 0 Å². The van der Waals surface area contributed by atoms with Gasteiger partial charge in [0.2, 0.25) is 0 Å². The smallest absolute Gasteiger partial charge is 0.310 e. The predicted octanol–water partition coefficient (Wildman–Crippen LogP) is 1.35. The van der Waals surface area contributed by atoms with Crippen LogP contribution in [-0.4, -0.2) is 29.1 Å². The molecule has 0 aliphatic carbocycles. The molecule has 1 N–H and O–H groups in total. The minimum absolute atomic E-state index is 0.274. The van der Waals surface area contributed by atoms with Gasteiger partial charge in [-0.25, -0.2) is 4.98 Å². The second kappa shape index (κ2) is 3.23. The Balaban J connectivity index is 1.91. The van der Waals surface area contributed by atoms with Gasteiger partial charge in [-0.3, -0.25) is 4.79 Å². The van der Waals surface area contributed by atoms with Crippen molar-refractivity contribution in [2.45, 2.75) is 0 Å². The number of carboxylic acid groups (broad SMARTS) is 1. The zero-order valence-corrected chi connectivity index (χ0v) is 8.46. The highest BCUT2D eigenvalue weighted by molar-refractivity contribution is 5.89. The van der Waals surface area contributed by atoms with Crippen LogP contribution in [0.15, 0.2) is 29.0 Å². The third-order valence-corrected chi connectivity index (χ3v) is 2.89. The number of anilines is 1. The Kier molecular flexibility index (Phi) is 1.86. The zero-order valence-electron chi connectivity index (χ0n) is 8.46. The van der Waals surface area contributed by atoms with Crippen molar-refractivity contribution in [3.05, 3.63) is 24.6 Å². The zero-order chi connectivity index (χ0) is 11.1. The first-order chi connectivity index (χ1) is 7.75. The van der Waals surface area contributed by atoms with E-state index >= 15 is 0 Å². The number of rotatable bonds is 2. The number of nitrogens with zero attached hydrogens (tertiary/aromatic N) is 2. The summed E-state index contributed by atoms with van der Waals surface area (Å²) >= 11 is 0. The lowest BCUT2D eigenvalue weighted by molar-refractivity contribution is -0.142. The van der Waals surface area contributed by atoms with Gasteiger partial charge in [0.15, 0.2) is 0 Å². The van der Waals surface area contributed by atoms with Crippen LogP contribution in [0.4, 0.5) is 5.82 Å². The first-order valence-corrected chi connectivity index (χ1v) is 5.05. The Bertz CT molecular complexity index is 543. The summed E-state index contributed by atoms with van der Waals surface area (Å²) in [5.41, 5.74) is 0.781. The standard InChI is InChI=1S/C11H10N2O3/c14-11(15)7-5-13(6-7)10-8-2-4-16-9(8)1-3-12-10/h1-4,7H,5-6H2,(H,14,15). The Labute approximate surface area is 91.3 Å². The molecule has 0 amide bonds. The van der Waals surface area contributed by atoms with Gasteiger partial charge in [0.1, 0.15) is 11.4 Å². The molecular weight excluding hydrogens is 208 g/mol. The van der Waals surface area contributed by atoms with Crippen LogP contribution in [0.5, 0.6) is 0 Å². The number of carboxylic acids is 1. The topological polar surface area (TPSA) is 66.6 Å². The van der Waals surface area contributed by atoms with Crippen molar-refractivity contribution in [1.29, 1.82) is 0 Å². The molecule has 0 radical (unpaired) electrons. The molecular formula is C11H10N2O3. The van der Waals surface area contributed by atoms with E-state index in [1.54, 1.807) is 18.5 Å². The molecule has 2 aromatic heterocycles. The Morgan fingerprint density at radius 1 is 1.50 bits per heavy atom. The number of fused-ring (bicyclic) bond motifs is 1. The molecule has 0 saturated carbocycles. The summed E-state index contributed by atoms with van der Waals surface area (Å²) in [5.74, 6) is -0.205. The Morgan fingerprint density at radius 2 is 2.31 bits per heavy atom. The van der Waals surface area contributed by atoms with E-state index in [1.807, 2.05) is 11.0 Å². The number of hydrogen-bond donors (Lipinski definition) is 1. The molecule has 0 bridgehead atoms. The summed E-state index contributed by atoms with van der Waals surface area (Å²) in [4.78, 5) is 16.9. The van der Waals surface area contributed by atoms with Crippen LogP contribution in [-0.2, 0) is 4.79 Å². The highest BCUT2D eigenvalue weighted by Crippen LogP contribution is 2.30. The number of hydrogen-bond acceptors (Lipinski definition) is 4. The van der Waals surface area contributed by atoms with Crippen molar-refractivity contribution < 1.29 is 14.3 Å². The highest BCUT2D eigenvalue weighted by Gasteiger charge is 2.34. The molecule has 0 unspecified atom stereocenters. The highest BCUT2D eigenvalue weighted by atomic mass is 16.4. The van der Waals surface area contributed by atoms with E-state index in [9.17, 15) is 4.79 Å². The first-order valence-electron chi connectivity index (χ1n) is 5.05. The van der Waals surface area contributed by atoms with Gasteiger partial charge in [-0.1, -0.05) is 0 Å². The van der Waals surface area contributed by atoms with Crippen LogP contribution >= 0.6 is 0 Å². The largest absolute Gasteiger partial charge is 0.481 e. The Morgan fingerprint density at radius 3 is 3.06 bits per heavy atom. The van der Waals surface area contributed by atoms with Crippen molar-refractivity contribution in [3.8, 4) is 0 Å². The van der Waals surface area contributed by atoms with Crippen LogP contribution in [0, 0.1) is 5.92 Å². The first kappa shape index (κ1) is 9.21. The van der Waals surface area contributed by atoms with E-state index in [0.29, 0.717) is 13.1 Å². The second-order valence-corrected chi connectivity index (χ2v) is 3.91. The van der Waals surface area contributed by atoms with Crippen LogP contribution < -0.4 is 4.90 Å². The fourth-order valence-corrected chi connectivity index (χ4v) is 1.94. The molecule has 3 heterocycles. The van der Waals surface area contributed by atoms with Crippen molar-refractivity contribution in [2.75, 3.05) is 18.0 Å². The number of furan rings is 1. The molecule has 0 spiro atoms. The number of aliphatic carboxylic acids is 1. The number of aromatic nitrogens is 1. The lowest BCUT2D eigenvalue weighted by Crippen LogP contribution is -2.50. The van der Waals surface area contributed by atoms with Gasteiger partial charge in [0.25, 0.3) is 0 Å². The maximum atomic E-state index is 10.7. The van der Waals surface area contributed by atoms with Gasteiger partial charge >= 0.3 is 5.97 Å². The summed E-state index contributed by atoms with van der Waals surface area (Å²) in [6.07, 6.45) is 3.29.